The zero-order valence-corrected chi connectivity index (χ0v) is 7.23. The van der Waals surface area contributed by atoms with E-state index in [4.69, 9.17) is 17.5 Å². The second-order valence-electron chi connectivity index (χ2n) is 0.408. The molecule has 0 radical (unpaired) electrons. The van der Waals surface area contributed by atoms with Gasteiger partial charge < -0.3 is 9.11 Å². The zero-order chi connectivity index (χ0) is 4.50. The molecule has 0 rings (SSSR count). The zero-order valence-electron chi connectivity index (χ0n) is 3.10. The molecule has 0 aromatic rings. The van der Waals surface area contributed by atoms with Crippen LogP contribution < -0.4 is 0 Å². The summed E-state index contributed by atoms with van der Waals surface area (Å²) in [5.41, 5.74) is 0. The summed E-state index contributed by atoms with van der Waals surface area (Å²) in [6.07, 6.45) is 0. The van der Waals surface area contributed by atoms with Gasteiger partial charge in [0.05, 0.1) is 0 Å². The molecule has 0 N–H and O–H groups in total. The average Bonchev–Trinajstić information content (AvgIpc) is 0.722. The van der Waals surface area contributed by atoms with Gasteiger partial charge in [0.25, 0.3) is 0 Å². The van der Waals surface area contributed by atoms with Gasteiger partial charge in [-0.05, 0) is 0 Å². The molecule has 7 heteroatoms. The summed E-state index contributed by atoms with van der Waals surface area (Å²) in [4.78, 5) is 0. The number of hydrogen-bond donors (Lipinski definition) is 0. The van der Waals surface area contributed by atoms with Crippen LogP contribution >= 0.6 is 0 Å². The molecule has 0 aliphatic carbocycles. The maximum Gasteiger partial charge on any atom is 2.00 e. The Bertz CT molecular complexity index is 94.9. The van der Waals surface area contributed by atoms with Crippen LogP contribution in [-0.4, -0.2) is 55.3 Å². The van der Waals surface area contributed by atoms with Crippen molar-refractivity contribution in [1.82, 2.24) is 0 Å². The van der Waals surface area contributed by atoms with E-state index in [1.165, 1.54) is 0 Å². The van der Waals surface area contributed by atoms with Crippen molar-refractivity contribution in [2.24, 2.45) is 0 Å². The van der Waals surface area contributed by atoms with Gasteiger partial charge >= 0.3 is 37.7 Å². The van der Waals surface area contributed by atoms with Crippen LogP contribution in [-0.2, 0) is 27.5 Å². The normalized spacial score (nSPS) is 8.29. The van der Waals surface area contributed by atoms with Crippen molar-refractivity contribution in [2.45, 2.75) is 0 Å². The van der Waals surface area contributed by atoms with E-state index < -0.39 is 10.4 Å². The van der Waals surface area contributed by atoms with Crippen LogP contribution in [0.1, 0.15) is 0 Å². The Balaban J connectivity index is -0.0000000800. The van der Waals surface area contributed by atoms with E-state index in [0.717, 1.165) is 0 Å². The first-order valence-electron chi connectivity index (χ1n) is 0.667. The van der Waals surface area contributed by atoms with Crippen LogP contribution in [0.15, 0.2) is 0 Å². The molecule has 4 nitrogen and oxygen atoms in total. The van der Waals surface area contributed by atoms with E-state index in [9.17, 15) is 0 Å². The fourth-order valence-corrected chi connectivity index (χ4v) is 0. The topological polar surface area (TPSA) is 80.3 Å². The van der Waals surface area contributed by atoms with Crippen molar-refractivity contribution >= 4 is 48.1 Å². The number of hydrogen-bond acceptors (Lipinski definition) is 4. The van der Waals surface area contributed by atoms with Gasteiger partial charge in [0, 0.05) is 27.5 Å². The molecule has 40 valence electrons. The van der Waals surface area contributed by atoms with Crippen LogP contribution in [0.2, 0.25) is 0 Å². The van der Waals surface area contributed by atoms with Gasteiger partial charge in [-0.2, -0.15) is 0 Å². The van der Waals surface area contributed by atoms with Gasteiger partial charge in [-0.15, -0.1) is 0 Å². The first kappa shape index (κ1) is 15.9. The molecule has 0 unspecified atom stereocenters. The van der Waals surface area contributed by atoms with Gasteiger partial charge in [-0.25, -0.2) is 0 Å². The van der Waals surface area contributed by atoms with E-state index in [0.29, 0.717) is 0 Å². The maximum atomic E-state index is 8.52. The SMILES string of the molecule is O=S(=O)([O-])[O-].[Ca+2].[Fe]. The van der Waals surface area contributed by atoms with Gasteiger partial charge in [-0.3, -0.25) is 8.42 Å². The molecule has 0 saturated heterocycles. The van der Waals surface area contributed by atoms with E-state index in [1.54, 1.807) is 0 Å². The van der Waals surface area contributed by atoms with Gasteiger partial charge in [-0.1, -0.05) is 0 Å². The molecule has 7 heavy (non-hydrogen) atoms. The smallest absolute Gasteiger partial charge is 0.759 e. The Morgan fingerprint density at radius 1 is 1.14 bits per heavy atom. The Morgan fingerprint density at radius 3 is 1.14 bits per heavy atom. The minimum absolute atomic E-state index is 0. The second-order valence-corrected chi connectivity index (χ2v) is 1.22. The summed E-state index contributed by atoms with van der Waals surface area (Å²) in [6, 6.07) is 0. The third kappa shape index (κ3) is 89.8. The Morgan fingerprint density at radius 2 is 1.14 bits per heavy atom. The molecule has 0 fully saturated rings. The fraction of sp³-hybridized carbons (Fsp3) is 0. The number of rotatable bonds is 0. The molecule has 0 bridgehead atoms. The average molecular weight is 192 g/mol. The Kier molecular flexibility index (Phi) is 13.1. The molecule has 0 aromatic heterocycles. The molecule has 0 aliphatic rings. The Hall–Kier alpha value is 1.65. The van der Waals surface area contributed by atoms with Crippen molar-refractivity contribution < 1.29 is 34.6 Å². The van der Waals surface area contributed by atoms with E-state index in [2.05, 4.69) is 0 Å². The molecule has 0 aromatic carbocycles. The molecule has 0 spiro atoms. The van der Waals surface area contributed by atoms with Crippen molar-refractivity contribution in [3.63, 3.8) is 0 Å². The van der Waals surface area contributed by atoms with Crippen molar-refractivity contribution in [3.8, 4) is 0 Å². The molecular formula is CaFeO4S. The predicted molar refractivity (Wildman–Crippen MR) is 16.2 cm³/mol. The summed E-state index contributed by atoms with van der Waals surface area (Å²) in [5, 5.41) is 0. The van der Waals surface area contributed by atoms with Crippen LogP contribution in [0.3, 0.4) is 0 Å². The predicted octanol–water partition coefficient (Wildman–Crippen LogP) is -1.72. The summed E-state index contributed by atoms with van der Waals surface area (Å²) in [7, 11) is -5.17. The first-order chi connectivity index (χ1) is 2.00. The van der Waals surface area contributed by atoms with Gasteiger partial charge in [0.2, 0.25) is 0 Å². The first-order valence-corrected chi connectivity index (χ1v) is 2.00. The summed E-state index contributed by atoms with van der Waals surface area (Å²) < 4.78 is 34.1. The molecule has 0 atom stereocenters. The molecule has 0 aliphatic heterocycles. The third-order valence-electron chi connectivity index (χ3n) is 0. The van der Waals surface area contributed by atoms with Crippen LogP contribution in [0.5, 0.6) is 0 Å². The quantitative estimate of drug-likeness (QED) is 0.259. The van der Waals surface area contributed by atoms with E-state index in [-0.39, 0.29) is 54.8 Å². The standard InChI is InChI=1S/Ca.Fe.H2O4S/c;;1-5(2,3)4/h;;(H2,1,2,3,4)/q+2;;/p-2. The molecule has 0 amide bonds. The summed E-state index contributed by atoms with van der Waals surface area (Å²) in [6.45, 7) is 0. The third-order valence-corrected chi connectivity index (χ3v) is 0. The largest absolute Gasteiger partial charge is 2.00 e. The van der Waals surface area contributed by atoms with Gasteiger partial charge in [0.15, 0.2) is 0 Å². The molecule has 0 saturated carbocycles. The van der Waals surface area contributed by atoms with Gasteiger partial charge in [0.1, 0.15) is 0 Å². The summed E-state index contributed by atoms with van der Waals surface area (Å²) >= 11 is 0. The molecular weight excluding hydrogens is 192 g/mol. The van der Waals surface area contributed by atoms with E-state index >= 15 is 0 Å². The second kappa shape index (κ2) is 5.78. The Labute approximate surface area is 81.7 Å². The monoisotopic (exact) mass is 192 g/mol. The fourth-order valence-electron chi connectivity index (χ4n) is 0. The van der Waals surface area contributed by atoms with Crippen molar-refractivity contribution in [1.29, 1.82) is 0 Å². The minimum Gasteiger partial charge on any atom is -0.759 e. The van der Waals surface area contributed by atoms with Crippen LogP contribution in [0.4, 0.5) is 0 Å². The van der Waals surface area contributed by atoms with Crippen molar-refractivity contribution in [3.05, 3.63) is 0 Å². The molecule has 0 heterocycles. The van der Waals surface area contributed by atoms with Crippen molar-refractivity contribution in [2.75, 3.05) is 0 Å². The minimum atomic E-state index is -5.17. The van der Waals surface area contributed by atoms with Crippen LogP contribution in [0.25, 0.3) is 0 Å². The van der Waals surface area contributed by atoms with Crippen LogP contribution in [0, 0.1) is 0 Å². The maximum absolute atomic E-state index is 8.52. The summed E-state index contributed by atoms with van der Waals surface area (Å²) in [5.74, 6) is 0. The van der Waals surface area contributed by atoms with E-state index in [1.807, 2.05) is 0 Å².